The highest BCUT2D eigenvalue weighted by atomic mass is 35.5. The zero-order valence-corrected chi connectivity index (χ0v) is 22.2. The average Bonchev–Trinajstić information content (AvgIpc) is 3.32. The van der Waals surface area contributed by atoms with Crippen molar-refractivity contribution in [2.45, 2.75) is 71.2 Å². The third-order valence-corrected chi connectivity index (χ3v) is 7.33. The first kappa shape index (κ1) is 26.5. The molecule has 1 aliphatic carbocycles. The van der Waals surface area contributed by atoms with Crippen LogP contribution in [0.3, 0.4) is 0 Å². The first-order valence-electron chi connectivity index (χ1n) is 12.9. The van der Waals surface area contributed by atoms with Crippen LogP contribution in [0.25, 0.3) is 0 Å². The maximum Gasteiger partial charge on any atom is 0.270 e. The van der Waals surface area contributed by atoms with E-state index in [1.165, 1.54) is 0 Å². The van der Waals surface area contributed by atoms with E-state index in [4.69, 9.17) is 26.8 Å². The van der Waals surface area contributed by atoms with Gasteiger partial charge in [-0.25, -0.2) is 0 Å². The van der Waals surface area contributed by atoms with E-state index in [0.29, 0.717) is 43.4 Å². The van der Waals surface area contributed by atoms with Crippen molar-refractivity contribution in [3.63, 3.8) is 0 Å². The minimum Gasteiger partial charge on any atom is -0.489 e. The number of likely N-dealkylation sites (tertiary alicyclic amines) is 1. The number of amides is 2. The summed E-state index contributed by atoms with van der Waals surface area (Å²) >= 11 is 6.30. The van der Waals surface area contributed by atoms with Gasteiger partial charge in [0.25, 0.3) is 5.91 Å². The van der Waals surface area contributed by atoms with Gasteiger partial charge in [-0.15, -0.1) is 0 Å². The molecule has 2 N–H and O–H groups in total. The van der Waals surface area contributed by atoms with E-state index in [-0.39, 0.29) is 42.4 Å². The molecular formula is C27H37ClN4O4. The van der Waals surface area contributed by atoms with E-state index in [2.05, 4.69) is 4.99 Å². The van der Waals surface area contributed by atoms with Crippen molar-refractivity contribution in [2.75, 3.05) is 32.7 Å². The Morgan fingerprint density at radius 2 is 1.83 bits per heavy atom. The van der Waals surface area contributed by atoms with Crippen molar-refractivity contribution >= 4 is 29.1 Å². The Morgan fingerprint density at radius 1 is 1.14 bits per heavy atom. The quantitative estimate of drug-likeness (QED) is 0.604. The number of halogens is 1. The van der Waals surface area contributed by atoms with Gasteiger partial charge in [-0.2, -0.15) is 0 Å². The van der Waals surface area contributed by atoms with Gasteiger partial charge in [0, 0.05) is 50.3 Å². The monoisotopic (exact) mass is 516 g/mol. The first-order chi connectivity index (χ1) is 17.2. The molecule has 196 valence electrons. The summed E-state index contributed by atoms with van der Waals surface area (Å²) in [6.07, 6.45) is 3.81. The molecule has 3 fully saturated rings. The Balaban J connectivity index is 1.31. The topological polar surface area (TPSA) is 97.5 Å². The van der Waals surface area contributed by atoms with Gasteiger partial charge >= 0.3 is 0 Å². The highest BCUT2D eigenvalue weighted by Gasteiger charge is 2.30. The van der Waals surface area contributed by atoms with Crippen LogP contribution in [0.5, 0.6) is 5.75 Å². The zero-order valence-electron chi connectivity index (χ0n) is 21.5. The number of benzene rings is 1. The second-order valence-corrected chi connectivity index (χ2v) is 10.5. The fourth-order valence-corrected chi connectivity index (χ4v) is 5.48. The van der Waals surface area contributed by atoms with Crippen LogP contribution in [0.1, 0.15) is 51.5 Å². The van der Waals surface area contributed by atoms with Crippen LogP contribution in [0.4, 0.5) is 0 Å². The Hall–Kier alpha value is -2.58. The number of nitrogens with zero attached hydrogens (tertiary/aromatic N) is 3. The molecule has 36 heavy (non-hydrogen) atoms. The Kier molecular flexibility index (Phi) is 8.57. The largest absolute Gasteiger partial charge is 0.489 e. The van der Waals surface area contributed by atoms with Crippen LogP contribution in [0.15, 0.2) is 34.5 Å². The molecular weight excluding hydrogens is 480 g/mol. The van der Waals surface area contributed by atoms with Crippen LogP contribution < -0.4 is 10.5 Å². The van der Waals surface area contributed by atoms with Crippen molar-refractivity contribution in [1.29, 1.82) is 0 Å². The Labute approximate surface area is 218 Å². The fraction of sp³-hybridized carbons (Fsp3) is 0.593. The minimum absolute atomic E-state index is 0.0127. The molecule has 9 heteroatoms. The number of carbonyl (C=O) groups is 2. The molecule has 0 unspecified atom stereocenters. The summed E-state index contributed by atoms with van der Waals surface area (Å²) in [4.78, 5) is 34.1. The third-order valence-electron chi connectivity index (χ3n) is 7.03. The summed E-state index contributed by atoms with van der Waals surface area (Å²) in [6.45, 7) is 8.27. The number of aryl methyl sites for hydroxylation is 1. The van der Waals surface area contributed by atoms with Crippen molar-refractivity contribution in [1.82, 2.24) is 9.80 Å². The van der Waals surface area contributed by atoms with Gasteiger partial charge in [0.2, 0.25) is 5.91 Å². The van der Waals surface area contributed by atoms with E-state index in [1.807, 2.05) is 43.9 Å². The lowest BCUT2D eigenvalue weighted by Gasteiger charge is -2.35. The number of hydrogen-bond acceptors (Lipinski definition) is 6. The molecule has 2 heterocycles. The lowest BCUT2D eigenvalue weighted by Crippen LogP contribution is -2.49. The normalized spacial score (nSPS) is 25.8. The first-order valence-corrected chi connectivity index (χ1v) is 13.3. The fourth-order valence-electron chi connectivity index (χ4n) is 5.20. The van der Waals surface area contributed by atoms with Crippen molar-refractivity contribution < 1.29 is 19.1 Å². The molecule has 2 amide bonds. The molecule has 2 saturated heterocycles. The summed E-state index contributed by atoms with van der Waals surface area (Å²) < 4.78 is 11.8. The van der Waals surface area contributed by atoms with Crippen molar-refractivity contribution in [3.05, 3.63) is 40.1 Å². The molecule has 0 radical (unpaired) electrons. The number of rotatable bonds is 5. The smallest absolute Gasteiger partial charge is 0.270 e. The summed E-state index contributed by atoms with van der Waals surface area (Å²) in [5.41, 5.74) is 9.26. The molecule has 4 rings (SSSR count). The molecule has 8 nitrogen and oxygen atoms in total. The molecule has 1 aromatic carbocycles. The van der Waals surface area contributed by atoms with Gasteiger partial charge in [0.05, 0.1) is 17.2 Å². The molecule has 0 spiro atoms. The van der Waals surface area contributed by atoms with Crippen LogP contribution in [0, 0.1) is 6.92 Å². The second kappa shape index (κ2) is 11.6. The number of piperidine rings is 1. The van der Waals surface area contributed by atoms with E-state index >= 15 is 0 Å². The number of carbonyl (C=O) groups excluding carboxylic acids is 2. The van der Waals surface area contributed by atoms with Gasteiger partial charge in [0.1, 0.15) is 24.1 Å². The van der Waals surface area contributed by atoms with Crippen molar-refractivity contribution in [3.8, 4) is 5.75 Å². The van der Waals surface area contributed by atoms with Gasteiger partial charge in [0.15, 0.2) is 0 Å². The molecule has 3 aliphatic rings. The molecule has 0 bridgehead atoms. The van der Waals surface area contributed by atoms with Crippen LogP contribution in [0.2, 0.25) is 5.02 Å². The third kappa shape index (κ3) is 6.40. The summed E-state index contributed by atoms with van der Waals surface area (Å²) in [6, 6.07) is 5.77. The average molecular weight is 517 g/mol. The number of ether oxygens (including phenoxy) is 2. The number of aliphatic imine (C=N–C) groups is 1. The van der Waals surface area contributed by atoms with Gasteiger partial charge in [-0.1, -0.05) is 17.7 Å². The summed E-state index contributed by atoms with van der Waals surface area (Å²) in [7, 11) is 0. The van der Waals surface area contributed by atoms with Crippen molar-refractivity contribution in [2.24, 2.45) is 10.7 Å². The second-order valence-electron chi connectivity index (χ2n) is 10.1. The van der Waals surface area contributed by atoms with Gasteiger partial charge in [-0.3, -0.25) is 14.6 Å². The molecule has 2 aliphatic heterocycles. The van der Waals surface area contributed by atoms with Gasteiger partial charge in [-0.05, 0) is 57.7 Å². The molecule has 0 aromatic heterocycles. The predicted octanol–water partition coefficient (Wildman–Crippen LogP) is 3.49. The van der Waals surface area contributed by atoms with Crippen LogP contribution in [-0.2, 0) is 14.3 Å². The Bertz CT molecular complexity index is 1040. The molecule has 2 atom stereocenters. The SMILES string of the molecule is Cc1ccc(OC2CCN(C(=O)CN=C3CCCC3=C(N)C(=O)N3C[C@@H](C)O[C@@H](C)C3)CC2)c(Cl)c1. The lowest BCUT2D eigenvalue weighted by atomic mass is 10.1. The van der Waals surface area contributed by atoms with Crippen LogP contribution >= 0.6 is 11.6 Å². The van der Waals surface area contributed by atoms with Gasteiger partial charge < -0.3 is 25.0 Å². The highest BCUT2D eigenvalue weighted by Crippen LogP contribution is 2.29. The highest BCUT2D eigenvalue weighted by molar-refractivity contribution is 6.32. The number of morpholine rings is 1. The standard InChI is InChI=1S/C27H37ClN4O4/c1-17-7-8-24(22(28)13-17)36-20-9-11-31(12-10-20)25(33)14-30-23-6-4-5-21(23)26(29)27(34)32-15-18(2)35-19(3)16-32/h7-8,13,18-20H,4-6,9-12,14-16,29H2,1-3H3/t18-,19+. The number of nitrogens with two attached hydrogens (primary N) is 1. The predicted molar refractivity (Wildman–Crippen MR) is 140 cm³/mol. The maximum absolute atomic E-state index is 13.0. The Morgan fingerprint density at radius 3 is 2.50 bits per heavy atom. The van der Waals surface area contributed by atoms with E-state index in [9.17, 15) is 9.59 Å². The molecule has 1 aromatic rings. The van der Waals surface area contributed by atoms with E-state index < -0.39 is 0 Å². The lowest BCUT2D eigenvalue weighted by molar-refractivity contribution is -0.139. The summed E-state index contributed by atoms with van der Waals surface area (Å²) in [5, 5.41) is 0.611. The number of allylic oxidation sites excluding steroid dienone is 1. The van der Waals surface area contributed by atoms with Crippen LogP contribution in [-0.4, -0.2) is 78.4 Å². The zero-order chi connectivity index (χ0) is 25.8. The number of hydrogen-bond donors (Lipinski definition) is 1. The minimum atomic E-state index is -0.163. The maximum atomic E-state index is 13.0. The summed E-state index contributed by atoms with van der Waals surface area (Å²) in [5.74, 6) is 0.511. The van der Waals surface area contributed by atoms with E-state index in [0.717, 1.165) is 42.5 Å². The van der Waals surface area contributed by atoms with E-state index in [1.54, 1.807) is 4.90 Å². The molecule has 1 saturated carbocycles.